The molecule has 1 aliphatic rings. The lowest BCUT2D eigenvalue weighted by Crippen LogP contribution is -2.33. The molecular weight excluding hydrogens is 204 g/mol. The first kappa shape index (κ1) is 11.1. The second kappa shape index (κ2) is 4.63. The average molecular weight is 222 g/mol. The number of nitrogens with zero attached hydrogens (tertiary/aromatic N) is 4. The molecule has 16 heavy (non-hydrogen) atoms. The van der Waals surface area contributed by atoms with Gasteiger partial charge in [0, 0.05) is 13.1 Å². The molecule has 5 heteroatoms. The number of aromatic nitrogens is 3. The fourth-order valence-corrected chi connectivity index (χ4v) is 2.10. The molecule has 1 fully saturated rings. The van der Waals surface area contributed by atoms with Crippen molar-refractivity contribution in [1.82, 2.24) is 19.9 Å². The molecule has 0 saturated carbocycles. The molecule has 0 radical (unpaired) electrons. The number of carbonyl (C=O) groups is 1. The minimum absolute atomic E-state index is 0.124. The maximum atomic E-state index is 11.9. The summed E-state index contributed by atoms with van der Waals surface area (Å²) < 4.78 is 0. The first-order valence-electron chi connectivity index (χ1n) is 5.78. The Morgan fingerprint density at radius 2 is 2.12 bits per heavy atom. The summed E-state index contributed by atoms with van der Waals surface area (Å²) in [5, 5.41) is 7.88. The highest BCUT2D eigenvalue weighted by molar-refractivity contribution is 5.76. The summed E-state index contributed by atoms with van der Waals surface area (Å²) in [6, 6.07) is 0. The van der Waals surface area contributed by atoms with E-state index in [0.717, 1.165) is 19.5 Å². The zero-order valence-corrected chi connectivity index (χ0v) is 9.83. The molecule has 1 aromatic rings. The number of hydrogen-bond donors (Lipinski definition) is 0. The molecule has 2 heterocycles. The molecule has 1 aromatic heterocycles. The monoisotopic (exact) mass is 222 g/mol. The van der Waals surface area contributed by atoms with Crippen molar-refractivity contribution in [2.24, 2.45) is 11.8 Å². The minimum atomic E-state index is 0.124. The second-order valence-corrected chi connectivity index (χ2v) is 4.69. The molecule has 0 N–H and O–H groups in total. The standard InChI is InChI=1S/C11H18N4O/c1-9(2)10-3-6-14(7-10)11(16)8-15-12-4-5-13-15/h4-5,9-10H,3,6-8H2,1-2H3. The SMILES string of the molecule is CC(C)C1CCN(C(=O)Cn2nccn2)C1. The highest BCUT2D eigenvalue weighted by Gasteiger charge is 2.28. The second-order valence-electron chi connectivity index (χ2n) is 4.69. The molecule has 1 unspecified atom stereocenters. The summed E-state index contributed by atoms with van der Waals surface area (Å²) in [7, 11) is 0. The van der Waals surface area contributed by atoms with Crippen molar-refractivity contribution in [3.8, 4) is 0 Å². The fraction of sp³-hybridized carbons (Fsp3) is 0.727. The molecule has 1 atom stereocenters. The van der Waals surface area contributed by atoms with Gasteiger partial charge in [0.1, 0.15) is 6.54 Å². The molecular formula is C11H18N4O. The van der Waals surface area contributed by atoms with Gasteiger partial charge in [-0.05, 0) is 18.3 Å². The Labute approximate surface area is 95.4 Å². The zero-order chi connectivity index (χ0) is 11.5. The van der Waals surface area contributed by atoms with E-state index in [0.29, 0.717) is 11.8 Å². The Morgan fingerprint density at radius 3 is 2.69 bits per heavy atom. The largest absolute Gasteiger partial charge is 0.341 e. The first-order valence-corrected chi connectivity index (χ1v) is 5.78. The molecule has 2 rings (SSSR count). The van der Waals surface area contributed by atoms with E-state index < -0.39 is 0 Å². The van der Waals surface area contributed by atoms with Crippen molar-refractivity contribution in [1.29, 1.82) is 0 Å². The van der Waals surface area contributed by atoms with Crippen LogP contribution in [0.5, 0.6) is 0 Å². The summed E-state index contributed by atoms with van der Waals surface area (Å²) in [6.07, 6.45) is 4.30. The number of carbonyl (C=O) groups excluding carboxylic acids is 1. The van der Waals surface area contributed by atoms with Crippen molar-refractivity contribution in [3.05, 3.63) is 12.4 Å². The number of hydrogen-bond acceptors (Lipinski definition) is 3. The Hall–Kier alpha value is -1.39. The van der Waals surface area contributed by atoms with Crippen LogP contribution in [0.25, 0.3) is 0 Å². The van der Waals surface area contributed by atoms with Gasteiger partial charge in [-0.1, -0.05) is 13.8 Å². The van der Waals surface area contributed by atoms with E-state index in [1.165, 1.54) is 4.80 Å². The van der Waals surface area contributed by atoms with Gasteiger partial charge in [0.15, 0.2) is 0 Å². The van der Waals surface area contributed by atoms with Crippen LogP contribution >= 0.6 is 0 Å². The molecule has 88 valence electrons. The van der Waals surface area contributed by atoms with Gasteiger partial charge in [-0.2, -0.15) is 15.0 Å². The zero-order valence-electron chi connectivity index (χ0n) is 9.83. The molecule has 5 nitrogen and oxygen atoms in total. The highest BCUT2D eigenvalue weighted by atomic mass is 16.2. The molecule has 0 aromatic carbocycles. The quantitative estimate of drug-likeness (QED) is 0.759. The first-order chi connectivity index (χ1) is 7.66. The van der Waals surface area contributed by atoms with Gasteiger partial charge in [0.25, 0.3) is 0 Å². The van der Waals surface area contributed by atoms with Crippen LogP contribution in [0.2, 0.25) is 0 Å². The highest BCUT2D eigenvalue weighted by Crippen LogP contribution is 2.23. The molecule has 0 aliphatic carbocycles. The maximum Gasteiger partial charge on any atom is 0.246 e. The smallest absolute Gasteiger partial charge is 0.246 e. The number of likely N-dealkylation sites (tertiary alicyclic amines) is 1. The van der Waals surface area contributed by atoms with Crippen molar-refractivity contribution in [2.75, 3.05) is 13.1 Å². The van der Waals surface area contributed by atoms with Crippen LogP contribution < -0.4 is 0 Å². The maximum absolute atomic E-state index is 11.9. The van der Waals surface area contributed by atoms with Gasteiger partial charge < -0.3 is 4.90 Å². The topological polar surface area (TPSA) is 51.0 Å². The summed E-state index contributed by atoms with van der Waals surface area (Å²) in [6.45, 7) is 6.46. The number of rotatable bonds is 3. The van der Waals surface area contributed by atoms with E-state index in [2.05, 4.69) is 24.0 Å². The minimum Gasteiger partial charge on any atom is -0.341 e. The lowest BCUT2D eigenvalue weighted by atomic mass is 9.95. The van der Waals surface area contributed by atoms with Gasteiger partial charge in [0.05, 0.1) is 12.4 Å². The lowest BCUT2D eigenvalue weighted by molar-refractivity contribution is -0.131. The van der Waals surface area contributed by atoms with Crippen LogP contribution in [0, 0.1) is 11.8 Å². The summed E-state index contributed by atoms with van der Waals surface area (Å²) in [5.74, 6) is 1.43. The Morgan fingerprint density at radius 1 is 1.44 bits per heavy atom. The van der Waals surface area contributed by atoms with Gasteiger partial charge in [-0.15, -0.1) is 0 Å². The fourth-order valence-electron chi connectivity index (χ4n) is 2.10. The van der Waals surface area contributed by atoms with Gasteiger partial charge in [0.2, 0.25) is 5.91 Å². The van der Waals surface area contributed by atoms with Crippen molar-refractivity contribution in [2.45, 2.75) is 26.8 Å². The van der Waals surface area contributed by atoms with Crippen molar-refractivity contribution >= 4 is 5.91 Å². The normalized spacial score (nSPS) is 20.7. The van der Waals surface area contributed by atoms with Crippen LogP contribution in [-0.4, -0.2) is 38.9 Å². The molecule has 1 aliphatic heterocycles. The Balaban J connectivity index is 1.87. The van der Waals surface area contributed by atoms with Gasteiger partial charge in [-0.3, -0.25) is 4.79 Å². The third-order valence-corrected chi connectivity index (χ3v) is 3.26. The summed E-state index contributed by atoms with van der Waals surface area (Å²) in [4.78, 5) is 15.3. The molecule has 0 spiro atoms. The number of amides is 1. The van der Waals surface area contributed by atoms with Crippen LogP contribution in [0.1, 0.15) is 20.3 Å². The van der Waals surface area contributed by atoms with E-state index in [1.54, 1.807) is 12.4 Å². The third-order valence-electron chi connectivity index (χ3n) is 3.26. The molecule has 1 saturated heterocycles. The van der Waals surface area contributed by atoms with E-state index in [1.807, 2.05) is 4.90 Å². The predicted molar refractivity (Wildman–Crippen MR) is 59.5 cm³/mol. The predicted octanol–water partition coefficient (Wildman–Crippen LogP) is 0.783. The lowest BCUT2D eigenvalue weighted by Gasteiger charge is -2.17. The van der Waals surface area contributed by atoms with E-state index in [9.17, 15) is 4.79 Å². The van der Waals surface area contributed by atoms with Crippen LogP contribution in [-0.2, 0) is 11.3 Å². The average Bonchev–Trinajstić information content (AvgIpc) is 2.86. The Bertz CT molecular complexity index is 347. The van der Waals surface area contributed by atoms with Crippen LogP contribution in [0.15, 0.2) is 12.4 Å². The van der Waals surface area contributed by atoms with Crippen molar-refractivity contribution in [3.63, 3.8) is 0 Å². The third kappa shape index (κ3) is 2.40. The van der Waals surface area contributed by atoms with Gasteiger partial charge >= 0.3 is 0 Å². The van der Waals surface area contributed by atoms with Gasteiger partial charge in [-0.25, -0.2) is 0 Å². The summed E-state index contributed by atoms with van der Waals surface area (Å²) >= 11 is 0. The molecule has 1 amide bonds. The van der Waals surface area contributed by atoms with E-state index >= 15 is 0 Å². The summed E-state index contributed by atoms with van der Waals surface area (Å²) in [5.41, 5.74) is 0. The molecule has 0 bridgehead atoms. The Kier molecular flexibility index (Phi) is 3.22. The van der Waals surface area contributed by atoms with E-state index in [-0.39, 0.29) is 12.5 Å². The van der Waals surface area contributed by atoms with Crippen LogP contribution in [0.4, 0.5) is 0 Å². The van der Waals surface area contributed by atoms with E-state index in [4.69, 9.17) is 0 Å². The van der Waals surface area contributed by atoms with Crippen molar-refractivity contribution < 1.29 is 4.79 Å². The van der Waals surface area contributed by atoms with Crippen LogP contribution in [0.3, 0.4) is 0 Å².